The molecule has 0 radical (unpaired) electrons. The van der Waals surface area contributed by atoms with E-state index in [0.29, 0.717) is 0 Å². The number of aromatic carboxylic acids is 2. The zero-order valence-corrected chi connectivity index (χ0v) is 27.8. The largest absolute Gasteiger partial charge is 2.00 e. The minimum absolute atomic E-state index is 0. The molecule has 4 nitrogen and oxygen atoms in total. The Balaban J connectivity index is 0.000000184. The van der Waals surface area contributed by atoms with Gasteiger partial charge in [-0.3, -0.25) is 0 Å². The third kappa shape index (κ3) is 8.00. The molecular weight excluding hydrogens is 654 g/mol. The zero-order valence-electron chi connectivity index (χ0n) is 26.2. The van der Waals surface area contributed by atoms with Gasteiger partial charge in [-0.05, 0) is 48.5 Å². The summed E-state index contributed by atoms with van der Waals surface area (Å²) < 4.78 is 24.3. The fraction of sp³-hybridized carbons (Fsp3) is 0.0476. The van der Waals surface area contributed by atoms with Gasteiger partial charge in [0, 0.05) is 0 Å². The fourth-order valence-corrected chi connectivity index (χ4v) is 5.97. The summed E-state index contributed by atoms with van der Waals surface area (Å²) in [4.78, 5) is 20.4. The third-order valence-electron chi connectivity index (χ3n) is 8.34. The maximum atomic E-state index is 12.2. The summed E-state index contributed by atoms with van der Waals surface area (Å²) in [5.74, 6) is -2.94. The van der Waals surface area contributed by atoms with Crippen LogP contribution in [0.25, 0.3) is 43.1 Å². The van der Waals surface area contributed by atoms with Crippen LogP contribution in [0.2, 0.25) is 0 Å². The molecule has 0 aliphatic carbocycles. The molecule has 8 aromatic rings. The van der Waals surface area contributed by atoms with Gasteiger partial charge < -0.3 is 10.2 Å². The predicted molar refractivity (Wildman–Crippen MR) is 188 cm³/mol. The van der Waals surface area contributed by atoms with E-state index in [9.17, 15) is 18.4 Å². The molecule has 0 aliphatic rings. The molecule has 8 aromatic carbocycles. The number of carboxylic acid groups (broad SMARTS) is 2. The monoisotopic (exact) mass is 684 g/mol. The summed E-state index contributed by atoms with van der Waals surface area (Å²) in [5.41, 5.74) is 3.09. The van der Waals surface area contributed by atoms with E-state index in [-0.39, 0.29) is 32.8 Å². The van der Waals surface area contributed by atoms with E-state index in [1.807, 2.05) is 0 Å². The van der Waals surface area contributed by atoms with Crippen molar-refractivity contribution in [2.45, 2.75) is 12.8 Å². The Hall–Kier alpha value is -5.43. The standard InChI is InChI=1S/C28H20.2C7H5FO2.Ti/c1-3-11-23-21(7-1)17-27-19(9-5-13-25(23)27)15-16-20-10-6-14-26-24-12-4-2-8-22(24)18-28(20)26;2*8-6-3-1-5(2-4-6)7(9)10;/h1-14,17-18H,15-16H2;2*1-4H,(H,9,10);/q-2;;;+2. The first-order valence-electron chi connectivity index (χ1n) is 15.4. The number of hydrogen-bond donors (Lipinski definition) is 2. The summed E-state index contributed by atoms with van der Waals surface area (Å²) in [5, 5.41) is 27.7. The third-order valence-corrected chi connectivity index (χ3v) is 8.34. The summed E-state index contributed by atoms with van der Waals surface area (Å²) in [6, 6.07) is 45.0. The number of halogens is 2. The van der Waals surface area contributed by atoms with Crippen molar-refractivity contribution in [2.24, 2.45) is 0 Å². The molecule has 0 unspecified atom stereocenters. The van der Waals surface area contributed by atoms with Crippen molar-refractivity contribution in [2.75, 3.05) is 0 Å². The second kappa shape index (κ2) is 15.6. The van der Waals surface area contributed by atoms with Gasteiger partial charge >= 0.3 is 33.7 Å². The summed E-state index contributed by atoms with van der Waals surface area (Å²) in [7, 11) is 0. The van der Waals surface area contributed by atoms with Crippen LogP contribution in [0, 0.1) is 11.6 Å². The molecule has 49 heavy (non-hydrogen) atoms. The van der Waals surface area contributed by atoms with Gasteiger partial charge in [-0.1, -0.05) is 85.6 Å². The van der Waals surface area contributed by atoms with E-state index >= 15 is 0 Å². The quantitative estimate of drug-likeness (QED) is 0.140. The summed E-state index contributed by atoms with van der Waals surface area (Å²) >= 11 is 0. The molecule has 240 valence electrons. The van der Waals surface area contributed by atoms with Crippen LogP contribution < -0.4 is 0 Å². The number of fused-ring (bicyclic) bond motifs is 6. The average molecular weight is 685 g/mol. The van der Waals surface area contributed by atoms with Crippen LogP contribution >= 0.6 is 0 Å². The van der Waals surface area contributed by atoms with Crippen molar-refractivity contribution in [3.05, 3.63) is 179 Å². The second-order valence-electron chi connectivity index (χ2n) is 11.3. The van der Waals surface area contributed by atoms with Crippen LogP contribution in [0.4, 0.5) is 8.78 Å². The SMILES string of the molecule is O=C(O)c1ccc(F)cc1.O=C(O)c1ccc(F)cc1.[Ti+2].c1ccc2c(c1)[cH-]c1c(CCc3cccc4c3[cH-]c3ccccc34)cccc12. The number of carboxylic acids is 2. The molecule has 0 saturated heterocycles. The number of carbonyl (C=O) groups is 2. The Morgan fingerprint density at radius 1 is 0.469 bits per heavy atom. The molecule has 0 spiro atoms. The molecular formula is C42H30F2O4Ti. The van der Waals surface area contributed by atoms with E-state index in [0.717, 1.165) is 37.1 Å². The van der Waals surface area contributed by atoms with Gasteiger partial charge in [0.2, 0.25) is 0 Å². The van der Waals surface area contributed by atoms with Crippen molar-refractivity contribution in [1.29, 1.82) is 0 Å². The predicted octanol–water partition coefficient (Wildman–Crippen LogP) is 10.6. The van der Waals surface area contributed by atoms with Gasteiger partial charge in [0.15, 0.2) is 0 Å². The second-order valence-corrected chi connectivity index (χ2v) is 11.3. The molecule has 0 saturated carbocycles. The van der Waals surface area contributed by atoms with E-state index < -0.39 is 23.6 Å². The number of aryl methyl sites for hydroxylation is 2. The van der Waals surface area contributed by atoms with Gasteiger partial charge in [0.05, 0.1) is 11.1 Å². The topological polar surface area (TPSA) is 74.6 Å². The Kier molecular flexibility index (Phi) is 11.1. The van der Waals surface area contributed by atoms with Gasteiger partial charge in [-0.2, -0.15) is 0 Å². The van der Waals surface area contributed by atoms with Crippen LogP contribution in [0.1, 0.15) is 31.8 Å². The van der Waals surface area contributed by atoms with Crippen LogP contribution in [0.3, 0.4) is 0 Å². The fourth-order valence-electron chi connectivity index (χ4n) is 5.97. The zero-order chi connectivity index (χ0) is 33.6. The number of benzene rings is 6. The Morgan fingerprint density at radius 2 is 0.816 bits per heavy atom. The molecule has 0 atom stereocenters. The Morgan fingerprint density at radius 3 is 1.18 bits per heavy atom. The number of hydrogen-bond acceptors (Lipinski definition) is 2. The first kappa shape index (κ1) is 34.9. The van der Waals surface area contributed by atoms with Gasteiger partial charge in [0.1, 0.15) is 11.6 Å². The minimum Gasteiger partial charge on any atom is -0.478 e. The maximum Gasteiger partial charge on any atom is 2.00 e. The summed E-state index contributed by atoms with van der Waals surface area (Å²) in [6.45, 7) is 0. The minimum atomic E-state index is -1.04. The average Bonchev–Trinajstić information content (AvgIpc) is 3.68. The van der Waals surface area contributed by atoms with Crippen molar-refractivity contribution in [3.63, 3.8) is 0 Å². The molecule has 0 bridgehead atoms. The van der Waals surface area contributed by atoms with Crippen molar-refractivity contribution >= 4 is 55.0 Å². The smallest absolute Gasteiger partial charge is 0.478 e. The molecule has 8 rings (SSSR count). The number of rotatable bonds is 5. The Bertz CT molecular complexity index is 2200. The van der Waals surface area contributed by atoms with Crippen LogP contribution in [0.5, 0.6) is 0 Å². The van der Waals surface area contributed by atoms with E-state index in [4.69, 9.17) is 10.2 Å². The molecule has 2 N–H and O–H groups in total. The van der Waals surface area contributed by atoms with E-state index in [2.05, 4.69) is 97.1 Å². The molecule has 0 aromatic heterocycles. The summed E-state index contributed by atoms with van der Waals surface area (Å²) in [6.07, 6.45) is 2.13. The van der Waals surface area contributed by atoms with Crippen molar-refractivity contribution < 1.29 is 50.3 Å². The van der Waals surface area contributed by atoms with Crippen molar-refractivity contribution in [1.82, 2.24) is 0 Å². The Labute approximate surface area is 296 Å². The normalized spacial score (nSPS) is 10.6. The van der Waals surface area contributed by atoms with Gasteiger partial charge in [-0.25, -0.2) is 18.4 Å². The van der Waals surface area contributed by atoms with Gasteiger partial charge in [0.25, 0.3) is 0 Å². The molecule has 0 amide bonds. The van der Waals surface area contributed by atoms with Gasteiger partial charge in [-0.15, -0.1) is 78.5 Å². The van der Waals surface area contributed by atoms with Crippen LogP contribution in [-0.2, 0) is 34.6 Å². The molecule has 0 fully saturated rings. The van der Waals surface area contributed by atoms with Crippen LogP contribution in [0.15, 0.2) is 146 Å². The van der Waals surface area contributed by atoms with E-state index in [1.54, 1.807) is 0 Å². The van der Waals surface area contributed by atoms with E-state index in [1.165, 1.54) is 78.5 Å². The first-order valence-corrected chi connectivity index (χ1v) is 15.4. The molecule has 0 aliphatic heterocycles. The van der Waals surface area contributed by atoms with Crippen molar-refractivity contribution in [3.8, 4) is 0 Å². The first-order chi connectivity index (χ1) is 23.3. The molecule has 7 heteroatoms. The molecule has 0 heterocycles. The maximum absolute atomic E-state index is 12.2. The van der Waals surface area contributed by atoms with Crippen LogP contribution in [-0.4, -0.2) is 22.2 Å².